The number of carbonyl (C=O) groups is 2. The Balaban J connectivity index is 1.70. The first-order valence-corrected chi connectivity index (χ1v) is 10.2. The van der Waals surface area contributed by atoms with Crippen LogP contribution in [0.25, 0.3) is 6.08 Å². The number of para-hydroxylation sites is 2. The minimum atomic E-state index is -1.03. The number of hydrogen-bond donors (Lipinski definition) is 1. The molecule has 2 amide bonds. The molecule has 1 saturated carbocycles. The van der Waals surface area contributed by atoms with Gasteiger partial charge in [0, 0.05) is 17.3 Å². The van der Waals surface area contributed by atoms with Crippen molar-refractivity contribution in [1.29, 1.82) is 0 Å². The van der Waals surface area contributed by atoms with Crippen LogP contribution < -0.4 is 15.0 Å². The average molecular weight is 390 g/mol. The number of β-lactam (4-membered cyclic amide) rings is 1. The van der Waals surface area contributed by atoms with Crippen LogP contribution >= 0.6 is 0 Å². The maximum atomic E-state index is 13.4. The third kappa shape index (κ3) is 3.65. The van der Waals surface area contributed by atoms with Crippen LogP contribution in [0.5, 0.6) is 5.75 Å². The Labute approximate surface area is 171 Å². The normalized spacial score (nSPS) is 22.0. The minimum Gasteiger partial charge on any atom is -0.496 e. The van der Waals surface area contributed by atoms with Crippen molar-refractivity contribution < 1.29 is 14.3 Å². The van der Waals surface area contributed by atoms with E-state index in [1.165, 1.54) is 0 Å². The molecule has 1 aliphatic carbocycles. The van der Waals surface area contributed by atoms with Gasteiger partial charge in [-0.15, -0.1) is 0 Å². The number of carbonyl (C=O) groups excluding carboxylic acids is 2. The fraction of sp³-hybridized carbons (Fsp3) is 0.333. The fourth-order valence-electron chi connectivity index (χ4n) is 4.27. The van der Waals surface area contributed by atoms with Crippen molar-refractivity contribution in [3.8, 4) is 5.75 Å². The van der Waals surface area contributed by atoms with E-state index >= 15 is 0 Å². The molecule has 4 rings (SSSR count). The van der Waals surface area contributed by atoms with E-state index in [0.29, 0.717) is 0 Å². The Morgan fingerprint density at radius 2 is 1.79 bits per heavy atom. The first-order chi connectivity index (χ1) is 14.1. The molecule has 1 heterocycles. The predicted molar refractivity (Wildman–Crippen MR) is 114 cm³/mol. The fourth-order valence-corrected chi connectivity index (χ4v) is 4.27. The molecule has 2 fully saturated rings. The predicted octanol–water partition coefficient (Wildman–Crippen LogP) is 3.94. The van der Waals surface area contributed by atoms with E-state index in [1.54, 1.807) is 12.0 Å². The van der Waals surface area contributed by atoms with Crippen LogP contribution in [0.2, 0.25) is 0 Å². The highest BCUT2D eigenvalue weighted by molar-refractivity contribution is 6.15. The lowest BCUT2D eigenvalue weighted by Crippen LogP contribution is -2.70. The molecule has 5 nitrogen and oxygen atoms in total. The van der Waals surface area contributed by atoms with Crippen LogP contribution in [-0.2, 0) is 9.59 Å². The van der Waals surface area contributed by atoms with E-state index < -0.39 is 5.54 Å². The number of rotatable bonds is 6. The maximum absolute atomic E-state index is 13.4. The number of methoxy groups -OCH3 is 1. The van der Waals surface area contributed by atoms with Crippen LogP contribution in [0, 0.1) is 0 Å². The van der Waals surface area contributed by atoms with Crippen molar-refractivity contribution in [1.82, 2.24) is 5.32 Å². The number of benzene rings is 2. The molecule has 1 saturated heterocycles. The Kier molecular flexibility index (Phi) is 5.38. The monoisotopic (exact) mass is 390 g/mol. The molecule has 1 atom stereocenters. The molecule has 29 heavy (non-hydrogen) atoms. The van der Waals surface area contributed by atoms with Crippen molar-refractivity contribution >= 4 is 23.6 Å². The highest BCUT2D eigenvalue weighted by Crippen LogP contribution is 2.40. The van der Waals surface area contributed by atoms with Gasteiger partial charge in [0.1, 0.15) is 5.75 Å². The van der Waals surface area contributed by atoms with Gasteiger partial charge in [-0.2, -0.15) is 0 Å². The molecule has 0 unspecified atom stereocenters. The molecule has 0 radical (unpaired) electrons. The second kappa shape index (κ2) is 8.11. The van der Waals surface area contributed by atoms with Gasteiger partial charge in [0.2, 0.25) is 5.91 Å². The second-order valence-electron chi connectivity index (χ2n) is 7.70. The van der Waals surface area contributed by atoms with Gasteiger partial charge < -0.3 is 10.1 Å². The van der Waals surface area contributed by atoms with Gasteiger partial charge in [0.05, 0.1) is 13.5 Å². The standard InChI is InChI=1S/C24H26N2O3/c1-29-21-14-8-5-9-18(21)15-16-24(23(28)25-19-10-6-7-11-19)17-22(27)26(24)20-12-3-2-4-13-20/h2-5,8-9,12-16,19H,6-7,10-11,17H2,1H3,(H,25,28)/b16-15+/t24-/m0/s1. The molecule has 150 valence electrons. The Hall–Kier alpha value is -3.08. The lowest BCUT2D eigenvalue weighted by molar-refractivity contribution is -0.137. The molecular weight excluding hydrogens is 364 g/mol. The molecule has 2 aromatic rings. The Morgan fingerprint density at radius 3 is 2.48 bits per heavy atom. The largest absolute Gasteiger partial charge is 0.496 e. The zero-order valence-corrected chi connectivity index (χ0v) is 16.6. The van der Waals surface area contributed by atoms with E-state index in [2.05, 4.69) is 5.32 Å². The number of anilines is 1. The number of nitrogens with zero attached hydrogens (tertiary/aromatic N) is 1. The summed E-state index contributed by atoms with van der Waals surface area (Å²) in [5.41, 5.74) is 0.576. The van der Waals surface area contributed by atoms with Crippen LogP contribution in [-0.4, -0.2) is 30.5 Å². The van der Waals surface area contributed by atoms with Crippen molar-refractivity contribution in [2.75, 3.05) is 12.0 Å². The highest BCUT2D eigenvalue weighted by Gasteiger charge is 2.55. The molecule has 0 bridgehead atoms. The topological polar surface area (TPSA) is 58.6 Å². The number of ether oxygens (including phenoxy) is 1. The van der Waals surface area contributed by atoms with E-state index in [1.807, 2.05) is 66.7 Å². The summed E-state index contributed by atoms with van der Waals surface area (Å²) < 4.78 is 5.43. The van der Waals surface area contributed by atoms with Gasteiger partial charge >= 0.3 is 0 Å². The number of nitrogens with one attached hydrogen (secondary N) is 1. The van der Waals surface area contributed by atoms with E-state index in [9.17, 15) is 9.59 Å². The Bertz CT molecular complexity index is 919. The van der Waals surface area contributed by atoms with Gasteiger partial charge in [0.15, 0.2) is 5.54 Å². The quantitative estimate of drug-likeness (QED) is 0.760. The van der Waals surface area contributed by atoms with Gasteiger partial charge in [0.25, 0.3) is 5.91 Å². The summed E-state index contributed by atoms with van der Waals surface area (Å²) in [5, 5.41) is 3.19. The van der Waals surface area contributed by atoms with E-state index in [4.69, 9.17) is 4.74 Å². The molecule has 1 aliphatic heterocycles. The van der Waals surface area contributed by atoms with Gasteiger partial charge in [-0.25, -0.2) is 0 Å². The summed E-state index contributed by atoms with van der Waals surface area (Å²) in [6, 6.07) is 17.2. The number of hydrogen-bond acceptors (Lipinski definition) is 3. The zero-order chi connectivity index (χ0) is 20.3. The lowest BCUT2D eigenvalue weighted by Gasteiger charge is -2.49. The van der Waals surface area contributed by atoms with E-state index in [-0.39, 0.29) is 24.3 Å². The first-order valence-electron chi connectivity index (χ1n) is 10.2. The van der Waals surface area contributed by atoms with Crippen LogP contribution in [0.3, 0.4) is 0 Å². The first kappa shape index (κ1) is 19.2. The molecular formula is C24H26N2O3. The summed E-state index contributed by atoms with van der Waals surface area (Å²) in [5.74, 6) is 0.563. The highest BCUT2D eigenvalue weighted by atomic mass is 16.5. The van der Waals surface area contributed by atoms with Crippen LogP contribution in [0.15, 0.2) is 60.7 Å². The molecule has 5 heteroatoms. The van der Waals surface area contributed by atoms with Gasteiger partial charge in [-0.1, -0.05) is 55.3 Å². The second-order valence-corrected chi connectivity index (χ2v) is 7.70. The molecule has 0 spiro atoms. The molecule has 1 N–H and O–H groups in total. The molecule has 2 aromatic carbocycles. The zero-order valence-electron chi connectivity index (χ0n) is 16.6. The lowest BCUT2D eigenvalue weighted by atomic mass is 9.80. The summed E-state index contributed by atoms with van der Waals surface area (Å²) in [4.78, 5) is 27.6. The van der Waals surface area contributed by atoms with Crippen molar-refractivity contribution in [3.63, 3.8) is 0 Å². The van der Waals surface area contributed by atoms with Crippen molar-refractivity contribution in [2.45, 2.75) is 43.7 Å². The summed E-state index contributed by atoms with van der Waals surface area (Å²) in [6.45, 7) is 0. The number of amides is 2. The van der Waals surface area contributed by atoms with Crippen LogP contribution in [0.1, 0.15) is 37.7 Å². The van der Waals surface area contributed by atoms with E-state index in [0.717, 1.165) is 42.7 Å². The molecule has 0 aromatic heterocycles. The van der Waals surface area contributed by atoms with Crippen molar-refractivity contribution in [2.24, 2.45) is 0 Å². The Morgan fingerprint density at radius 1 is 1.10 bits per heavy atom. The smallest absolute Gasteiger partial charge is 0.251 e. The summed E-state index contributed by atoms with van der Waals surface area (Å²) in [6.07, 6.45) is 8.16. The summed E-state index contributed by atoms with van der Waals surface area (Å²) >= 11 is 0. The van der Waals surface area contributed by atoms with Gasteiger partial charge in [-0.05, 0) is 37.1 Å². The van der Waals surface area contributed by atoms with Crippen LogP contribution in [0.4, 0.5) is 5.69 Å². The minimum absolute atomic E-state index is 0.0533. The summed E-state index contributed by atoms with van der Waals surface area (Å²) in [7, 11) is 1.62. The third-order valence-electron chi connectivity index (χ3n) is 5.84. The maximum Gasteiger partial charge on any atom is 0.251 e. The van der Waals surface area contributed by atoms with Crippen molar-refractivity contribution in [3.05, 3.63) is 66.2 Å². The average Bonchev–Trinajstić information content (AvgIpc) is 3.24. The van der Waals surface area contributed by atoms with Gasteiger partial charge in [-0.3, -0.25) is 14.5 Å². The SMILES string of the molecule is COc1ccccc1/C=C/[C@@]1(C(=O)NC2CCCC2)CC(=O)N1c1ccccc1. The molecule has 2 aliphatic rings. The third-order valence-corrected chi connectivity index (χ3v) is 5.84.